The van der Waals surface area contributed by atoms with Crippen LogP contribution in [-0.4, -0.2) is 25.5 Å². The van der Waals surface area contributed by atoms with E-state index >= 15 is 0 Å². The molecule has 0 aliphatic carbocycles. The molecule has 4 aromatic rings. The lowest BCUT2D eigenvalue weighted by Gasteiger charge is -2.08. The van der Waals surface area contributed by atoms with Gasteiger partial charge in [-0.15, -0.1) is 0 Å². The molecule has 6 heteroatoms. The van der Waals surface area contributed by atoms with Crippen molar-refractivity contribution >= 4 is 17.4 Å². The van der Waals surface area contributed by atoms with Crippen molar-refractivity contribution in [3.05, 3.63) is 66.5 Å². The lowest BCUT2D eigenvalue weighted by atomic mass is 10.0. The molecule has 0 saturated carbocycles. The monoisotopic (exact) mass is 357 g/mol. The summed E-state index contributed by atoms with van der Waals surface area (Å²) in [6.07, 6.45) is 3.82. The van der Waals surface area contributed by atoms with Crippen molar-refractivity contribution in [2.45, 2.75) is 20.3 Å². The number of carbonyl (C=O) groups excluding carboxylic acids is 1. The Kier molecular flexibility index (Phi) is 4.38. The Morgan fingerprint density at radius 3 is 2.78 bits per heavy atom. The predicted molar refractivity (Wildman–Crippen MR) is 105 cm³/mol. The largest absolute Gasteiger partial charge is 0.311 e. The fourth-order valence-electron chi connectivity index (χ4n) is 3.02. The summed E-state index contributed by atoms with van der Waals surface area (Å²) >= 11 is 0. The zero-order valence-electron chi connectivity index (χ0n) is 15.2. The third-order valence-corrected chi connectivity index (χ3v) is 4.31. The second-order valence-electron chi connectivity index (χ2n) is 6.30. The van der Waals surface area contributed by atoms with Crippen molar-refractivity contribution in [3.8, 4) is 22.5 Å². The molecular weight excluding hydrogens is 338 g/mol. The van der Waals surface area contributed by atoms with Gasteiger partial charge in [0.1, 0.15) is 11.5 Å². The number of rotatable bonds is 4. The Bertz CT molecular complexity index is 1130. The van der Waals surface area contributed by atoms with Crippen LogP contribution in [0.25, 0.3) is 28.2 Å². The Balaban J connectivity index is 1.92. The normalized spacial score (nSPS) is 10.9. The number of pyridine rings is 1. The van der Waals surface area contributed by atoms with Gasteiger partial charge in [-0.25, -0.2) is 14.5 Å². The first-order valence-electron chi connectivity index (χ1n) is 8.83. The molecule has 0 spiro atoms. The number of carbonyl (C=O) groups is 1. The second-order valence-corrected chi connectivity index (χ2v) is 6.30. The number of fused-ring (bicyclic) bond motifs is 1. The van der Waals surface area contributed by atoms with Crippen molar-refractivity contribution in [1.29, 1.82) is 0 Å². The highest BCUT2D eigenvalue weighted by molar-refractivity contribution is 5.90. The summed E-state index contributed by atoms with van der Waals surface area (Å²) in [6, 6.07) is 15.8. The predicted octanol–water partition coefficient (Wildman–Crippen LogP) is 4.12. The van der Waals surface area contributed by atoms with Crippen LogP contribution >= 0.6 is 0 Å². The quantitative estimate of drug-likeness (QED) is 0.596. The van der Waals surface area contributed by atoms with Crippen molar-refractivity contribution in [3.63, 3.8) is 0 Å². The number of aryl methyl sites for hydroxylation is 1. The number of aromatic nitrogens is 4. The number of hydrogen-bond donors (Lipinski definition) is 1. The minimum atomic E-state index is -0.0742. The van der Waals surface area contributed by atoms with Crippen LogP contribution in [0.15, 0.2) is 60.9 Å². The first kappa shape index (κ1) is 16.9. The zero-order chi connectivity index (χ0) is 18.8. The Morgan fingerprint density at radius 2 is 1.96 bits per heavy atom. The third-order valence-electron chi connectivity index (χ3n) is 4.31. The Labute approximate surface area is 156 Å². The fraction of sp³-hybridized carbons (Fsp3) is 0.143. The van der Waals surface area contributed by atoms with Crippen LogP contribution in [0.1, 0.15) is 18.9 Å². The van der Waals surface area contributed by atoms with Crippen LogP contribution in [-0.2, 0) is 4.79 Å². The summed E-state index contributed by atoms with van der Waals surface area (Å²) in [5, 5.41) is 7.29. The van der Waals surface area contributed by atoms with E-state index in [4.69, 9.17) is 4.98 Å². The van der Waals surface area contributed by atoms with Crippen LogP contribution < -0.4 is 5.32 Å². The van der Waals surface area contributed by atoms with Gasteiger partial charge in [0.05, 0.1) is 5.69 Å². The smallest absolute Gasteiger partial charge is 0.225 e. The molecule has 3 heterocycles. The van der Waals surface area contributed by atoms with Crippen molar-refractivity contribution in [2.24, 2.45) is 0 Å². The summed E-state index contributed by atoms with van der Waals surface area (Å²) < 4.78 is 1.82. The average Bonchev–Trinajstić information content (AvgIpc) is 3.08. The van der Waals surface area contributed by atoms with Crippen LogP contribution in [0.4, 0.5) is 5.82 Å². The van der Waals surface area contributed by atoms with Crippen LogP contribution in [0.2, 0.25) is 0 Å². The molecule has 3 aromatic heterocycles. The summed E-state index contributed by atoms with van der Waals surface area (Å²) in [6.45, 7) is 3.87. The lowest BCUT2D eigenvalue weighted by Crippen LogP contribution is -2.10. The van der Waals surface area contributed by atoms with Crippen molar-refractivity contribution in [2.75, 3.05) is 5.32 Å². The highest BCUT2D eigenvalue weighted by Gasteiger charge is 2.17. The molecule has 1 aromatic carbocycles. The average molecular weight is 357 g/mol. The molecule has 0 aliphatic heterocycles. The van der Waals surface area contributed by atoms with Gasteiger partial charge in [0.2, 0.25) is 5.91 Å². The Hall–Kier alpha value is -3.54. The van der Waals surface area contributed by atoms with Gasteiger partial charge < -0.3 is 5.32 Å². The summed E-state index contributed by atoms with van der Waals surface area (Å²) in [7, 11) is 0. The van der Waals surface area contributed by atoms with E-state index in [-0.39, 0.29) is 5.91 Å². The molecule has 0 fully saturated rings. The van der Waals surface area contributed by atoms with E-state index in [9.17, 15) is 4.79 Å². The van der Waals surface area contributed by atoms with E-state index in [0.717, 1.165) is 33.7 Å². The number of nitrogens with zero attached hydrogens (tertiary/aromatic N) is 4. The van der Waals surface area contributed by atoms with E-state index in [1.165, 1.54) is 0 Å². The van der Waals surface area contributed by atoms with E-state index < -0.39 is 0 Å². The molecule has 0 radical (unpaired) electrons. The molecule has 0 unspecified atom stereocenters. The van der Waals surface area contributed by atoms with E-state index in [1.54, 1.807) is 12.4 Å². The van der Waals surface area contributed by atoms with E-state index in [2.05, 4.69) is 34.5 Å². The van der Waals surface area contributed by atoms with Crippen LogP contribution in [0.3, 0.4) is 0 Å². The van der Waals surface area contributed by atoms with Gasteiger partial charge in [-0.1, -0.05) is 30.7 Å². The van der Waals surface area contributed by atoms with Gasteiger partial charge in [-0.3, -0.25) is 4.79 Å². The molecular formula is C21H19N5O. The molecule has 1 N–H and O–H groups in total. The third kappa shape index (κ3) is 3.29. The number of nitrogens with one attached hydrogen (secondary N) is 1. The topological polar surface area (TPSA) is 72.2 Å². The molecule has 0 aliphatic rings. The summed E-state index contributed by atoms with van der Waals surface area (Å²) in [4.78, 5) is 20.8. The van der Waals surface area contributed by atoms with Gasteiger partial charge in [0.25, 0.3) is 0 Å². The number of anilines is 1. The van der Waals surface area contributed by atoms with Crippen LogP contribution in [0.5, 0.6) is 0 Å². The van der Waals surface area contributed by atoms with Gasteiger partial charge in [0, 0.05) is 29.9 Å². The molecule has 27 heavy (non-hydrogen) atoms. The summed E-state index contributed by atoms with van der Waals surface area (Å²) in [5.41, 5.74) is 5.54. The number of imidazole rings is 1. The SMILES string of the molecule is CCC(=O)Nc1cc(-c2c(-c3cccc(C)c3)nc3cccnn23)ccn1. The lowest BCUT2D eigenvalue weighted by molar-refractivity contribution is -0.115. The molecule has 0 atom stereocenters. The van der Waals surface area contributed by atoms with Gasteiger partial charge >= 0.3 is 0 Å². The highest BCUT2D eigenvalue weighted by Crippen LogP contribution is 2.33. The minimum Gasteiger partial charge on any atom is -0.311 e. The number of benzene rings is 1. The summed E-state index contributed by atoms with van der Waals surface area (Å²) in [5.74, 6) is 0.440. The molecule has 6 nitrogen and oxygen atoms in total. The molecule has 0 bridgehead atoms. The van der Waals surface area contributed by atoms with E-state index in [1.807, 2.05) is 47.8 Å². The van der Waals surface area contributed by atoms with Crippen molar-refractivity contribution in [1.82, 2.24) is 19.6 Å². The van der Waals surface area contributed by atoms with Gasteiger partial charge in [-0.05, 0) is 37.3 Å². The molecule has 134 valence electrons. The maximum Gasteiger partial charge on any atom is 0.225 e. The molecule has 0 saturated heterocycles. The maximum atomic E-state index is 11.7. The maximum absolute atomic E-state index is 11.7. The highest BCUT2D eigenvalue weighted by atomic mass is 16.1. The zero-order valence-corrected chi connectivity index (χ0v) is 15.2. The number of hydrogen-bond acceptors (Lipinski definition) is 4. The first-order chi connectivity index (χ1) is 13.2. The molecule has 4 rings (SSSR count). The first-order valence-corrected chi connectivity index (χ1v) is 8.83. The molecule has 1 amide bonds. The van der Waals surface area contributed by atoms with Gasteiger partial charge in [-0.2, -0.15) is 5.10 Å². The standard InChI is InChI=1S/C21H19N5O/c1-3-19(27)24-17-13-16(9-11-22-17)21-20(15-7-4-6-14(2)12-15)25-18-8-5-10-23-26(18)21/h4-13H,3H2,1-2H3,(H,22,24,27). The fourth-order valence-corrected chi connectivity index (χ4v) is 3.02. The number of amides is 1. The van der Waals surface area contributed by atoms with Crippen LogP contribution in [0, 0.1) is 6.92 Å². The van der Waals surface area contributed by atoms with Crippen molar-refractivity contribution < 1.29 is 4.79 Å². The Morgan fingerprint density at radius 1 is 1.07 bits per heavy atom. The van der Waals surface area contributed by atoms with E-state index in [0.29, 0.717) is 12.2 Å². The minimum absolute atomic E-state index is 0.0742. The second kappa shape index (κ2) is 6.99. The van der Waals surface area contributed by atoms with Gasteiger partial charge in [0.15, 0.2) is 5.65 Å².